The van der Waals surface area contributed by atoms with Crippen molar-refractivity contribution in [1.29, 1.82) is 0 Å². The maximum atomic E-state index is 2.30. The molecule has 0 spiro atoms. The van der Waals surface area contributed by atoms with E-state index in [9.17, 15) is 0 Å². The van der Waals surface area contributed by atoms with Crippen LogP contribution in [0.4, 0.5) is 0 Å². The fourth-order valence-corrected chi connectivity index (χ4v) is 4.00. The van der Waals surface area contributed by atoms with Crippen molar-refractivity contribution in [1.82, 2.24) is 0 Å². The van der Waals surface area contributed by atoms with Crippen molar-refractivity contribution < 1.29 is 0 Å². The summed E-state index contributed by atoms with van der Waals surface area (Å²) in [6.45, 7) is 12.5. The molecule has 0 saturated carbocycles. The average molecular weight is 397 g/mol. The lowest BCUT2D eigenvalue weighted by atomic mass is 9.85. The van der Waals surface area contributed by atoms with E-state index in [4.69, 9.17) is 0 Å². The van der Waals surface area contributed by atoms with E-state index in [0.29, 0.717) is 0 Å². The van der Waals surface area contributed by atoms with E-state index in [1.807, 2.05) is 27.7 Å². The van der Waals surface area contributed by atoms with Crippen LogP contribution in [0.25, 0.3) is 21.5 Å². The summed E-state index contributed by atoms with van der Waals surface area (Å²) in [4.78, 5) is 0. The fourth-order valence-electron chi connectivity index (χ4n) is 4.00. The van der Waals surface area contributed by atoms with Gasteiger partial charge in [0.1, 0.15) is 0 Å². The molecule has 5 rings (SSSR count). The van der Waals surface area contributed by atoms with E-state index in [0.717, 1.165) is 12.8 Å². The van der Waals surface area contributed by atoms with Gasteiger partial charge in [0.25, 0.3) is 0 Å². The Morgan fingerprint density at radius 2 is 0.767 bits per heavy atom. The molecule has 0 unspecified atom stereocenters. The predicted octanol–water partition coefficient (Wildman–Crippen LogP) is 9.00. The number of fused-ring (bicyclic) bond motifs is 3. The monoisotopic (exact) mass is 396 g/mol. The Hall–Kier alpha value is -2.86. The van der Waals surface area contributed by atoms with Crippen LogP contribution < -0.4 is 0 Å². The van der Waals surface area contributed by atoms with E-state index < -0.39 is 0 Å². The molecular formula is C30H36. The predicted molar refractivity (Wildman–Crippen MR) is 137 cm³/mol. The molecule has 1 aliphatic carbocycles. The standard InChI is InChI=1S/C16H16.C10H8.2C2H6/c1-11-13-7-3-5-9-15(13)12(2)16-10-6-4-8-14(11)16;1-2-6-10-8-4-3-7-9(10)5-1;2*1-2/h3-7,9H,8,10H2,1-2H3;1-8H;2*1-2H3. The van der Waals surface area contributed by atoms with Gasteiger partial charge in [0.2, 0.25) is 0 Å². The molecule has 0 N–H and O–H groups in total. The summed E-state index contributed by atoms with van der Waals surface area (Å²) in [6.07, 6.45) is 6.80. The molecule has 0 radical (unpaired) electrons. The lowest BCUT2D eigenvalue weighted by Crippen LogP contribution is -2.04. The summed E-state index contributed by atoms with van der Waals surface area (Å²) < 4.78 is 0. The molecule has 0 nitrogen and oxygen atoms in total. The highest BCUT2D eigenvalue weighted by Crippen LogP contribution is 2.32. The van der Waals surface area contributed by atoms with Gasteiger partial charge < -0.3 is 0 Å². The Morgan fingerprint density at radius 1 is 0.467 bits per heavy atom. The van der Waals surface area contributed by atoms with Crippen LogP contribution in [-0.2, 0) is 12.8 Å². The van der Waals surface area contributed by atoms with Crippen LogP contribution in [0.3, 0.4) is 0 Å². The van der Waals surface area contributed by atoms with E-state index in [1.165, 1.54) is 32.7 Å². The second-order valence-corrected chi connectivity index (χ2v) is 6.98. The summed E-state index contributed by atoms with van der Waals surface area (Å²) in [6, 6.07) is 25.5. The normalized spacial score (nSPS) is 11.3. The minimum Gasteiger partial charge on any atom is -0.0838 e. The third kappa shape index (κ3) is 5.19. The van der Waals surface area contributed by atoms with Crippen LogP contribution in [0.5, 0.6) is 0 Å². The van der Waals surface area contributed by atoms with Gasteiger partial charge in [-0.25, -0.2) is 0 Å². The van der Waals surface area contributed by atoms with Gasteiger partial charge in [0.15, 0.2) is 0 Å². The summed E-state index contributed by atoms with van der Waals surface area (Å²) in [7, 11) is 0. The highest BCUT2D eigenvalue weighted by Gasteiger charge is 2.14. The third-order valence-electron chi connectivity index (χ3n) is 5.47. The average Bonchev–Trinajstić information content (AvgIpc) is 2.85. The van der Waals surface area contributed by atoms with Crippen molar-refractivity contribution in [2.45, 2.75) is 54.4 Å². The molecule has 4 aromatic rings. The van der Waals surface area contributed by atoms with E-state index in [-0.39, 0.29) is 0 Å². The molecule has 0 aliphatic heterocycles. The van der Waals surface area contributed by atoms with Crippen LogP contribution in [0.15, 0.2) is 84.9 Å². The largest absolute Gasteiger partial charge is 0.0838 e. The molecule has 0 heterocycles. The quantitative estimate of drug-likeness (QED) is 0.260. The third-order valence-corrected chi connectivity index (χ3v) is 5.47. The van der Waals surface area contributed by atoms with Crippen molar-refractivity contribution >= 4 is 21.5 Å². The molecule has 4 aromatic carbocycles. The number of rotatable bonds is 0. The summed E-state index contributed by atoms with van der Waals surface area (Å²) >= 11 is 0. The van der Waals surface area contributed by atoms with Crippen LogP contribution >= 0.6 is 0 Å². The molecule has 1 aliphatic rings. The Bertz CT molecular complexity index is 982. The zero-order valence-electron chi connectivity index (χ0n) is 19.5. The van der Waals surface area contributed by atoms with Gasteiger partial charge in [-0.2, -0.15) is 0 Å². The highest BCUT2D eigenvalue weighted by atomic mass is 14.2. The van der Waals surface area contributed by atoms with Crippen LogP contribution in [0.2, 0.25) is 0 Å². The molecule has 0 aromatic heterocycles. The molecular weight excluding hydrogens is 360 g/mol. The number of allylic oxidation sites excluding steroid dienone is 2. The minimum absolute atomic E-state index is 1.10. The zero-order valence-corrected chi connectivity index (χ0v) is 19.5. The van der Waals surface area contributed by atoms with Gasteiger partial charge in [0, 0.05) is 0 Å². The Morgan fingerprint density at radius 3 is 1.10 bits per heavy atom. The van der Waals surface area contributed by atoms with Crippen molar-refractivity contribution in [2.75, 3.05) is 0 Å². The lowest BCUT2D eigenvalue weighted by Gasteiger charge is -2.20. The molecule has 0 atom stereocenters. The number of aryl methyl sites for hydroxylation is 2. The van der Waals surface area contributed by atoms with E-state index in [2.05, 4.69) is 98.8 Å². The van der Waals surface area contributed by atoms with Gasteiger partial charge in [-0.05, 0) is 70.5 Å². The number of hydrogen-bond donors (Lipinski definition) is 0. The van der Waals surface area contributed by atoms with Crippen molar-refractivity contribution in [3.63, 3.8) is 0 Å². The second kappa shape index (κ2) is 12.0. The zero-order chi connectivity index (χ0) is 21.9. The molecule has 30 heavy (non-hydrogen) atoms. The topological polar surface area (TPSA) is 0 Å². The van der Waals surface area contributed by atoms with Crippen molar-refractivity contribution in [3.8, 4) is 0 Å². The SMILES string of the molecule is CC.CC.Cc1c2c(c(C)c3ccccc13)CC=CC2.c1ccc2ccccc2c1. The van der Waals surface area contributed by atoms with Crippen molar-refractivity contribution in [3.05, 3.63) is 107 Å². The number of hydrogen-bond acceptors (Lipinski definition) is 0. The molecule has 0 amide bonds. The maximum absolute atomic E-state index is 2.30. The molecule has 156 valence electrons. The molecule has 0 bridgehead atoms. The minimum atomic E-state index is 1.10. The van der Waals surface area contributed by atoms with Crippen LogP contribution in [-0.4, -0.2) is 0 Å². The number of benzene rings is 4. The summed E-state index contributed by atoms with van der Waals surface area (Å²) in [5, 5.41) is 5.47. The Labute approximate surface area is 183 Å². The first-order valence-corrected chi connectivity index (χ1v) is 11.3. The van der Waals surface area contributed by atoms with Gasteiger partial charge in [-0.15, -0.1) is 0 Å². The molecule has 0 saturated heterocycles. The molecule has 0 fully saturated rings. The summed E-state index contributed by atoms with van der Waals surface area (Å²) in [5.74, 6) is 0. The fraction of sp³-hybridized carbons (Fsp3) is 0.267. The molecule has 0 heteroatoms. The van der Waals surface area contributed by atoms with Crippen LogP contribution in [0, 0.1) is 13.8 Å². The Kier molecular flexibility index (Phi) is 9.35. The summed E-state index contributed by atoms with van der Waals surface area (Å²) in [5.41, 5.74) is 6.05. The highest BCUT2D eigenvalue weighted by molar-refractivity contribution is 5.91. The second-order valence-electron chi connectivity index (χ2n) is 6.98. The van der Waals surface area contributed by atoms with Gasteiger partial charge in [-0.3, -0.25) is 0 Å². The Balaban J connectivity index is 0.000000197. The first kappa shape index (κ1) is 23.4. The van der Waals surface area contributed by atoms with Gasteiger partial charge in [0.05, 0.1) is 0 Å². The van der Waals surface area contributed by atoms with Crippen molar-refractivity contribution in [2.24, 2.45) is 0 Å². The first-order chi connectivity index (χ1) is 14.8. The first-order valence-electron chi connectivity index (χ1n) is 11.3. The van der Waals surface area contributed by atoms with Crippen LogP contribution in [0.1, 0.15) is 49.9 Å². The van der Waals surface area contributed by atoms with E-state index in [1.54, 1.807) is 11.1 Å². The maximum Gasteiger partial charge on any atom is -0.00915 e. The lowest BCUT2D eigenvalue weighted by molar-refractivity contribution is 1.06. The van der Waals surface area contributed by atoms with Gasteiger partial charge >= 0.3 is 0 Å². The van der Waals surface area contributed by atoms with Gasteiger partial charge in [-0.1, -0.05) is 113 Å². The van der Waals surface area contributed by atoms with E-state index >= 15 is 0 Å². The smallest absolute Gasteiger partial charge is 0.00915 e.